The maximum Gasteiger partial charge on any atom is 0.320 e. The summed E-state index contributed by atoms with van der Waals surface area (Å²) in [5.74, 6) is 2.41. The fourth-order valence-electron chi connectivity index (χ4n) is 1.30. The molecular weight excluding hydrogens is 228 g/mol. The van der Waals surface area contributed by atoms with Gasteiger partial charge in [0.1, 0.15) is 0 Å². The summed E-state index contributed by atoms with van der Waals surface area (Å²) in [6, 6.07) is 6.31. The molecule has 0 saturated carbocycles. The summed E-state index contributed by atoms with van der Waals surface area (Å²) < 4.78 is 0. The quantitative estimate of drug-likeness (QED) is 0.633. The van der Waals surface area contributed by atoms with Crippen LogP contribution < -0.4 is 10.6 Å². The number of terminal acetylenes is 1. The van der Waals surface area contributed by atoms with Crippen molar-refractivity contribution >= 4 is 17.5 Å². The molecule has 0 bridgehead atoms. The lowest BCUT2D eigenvalue weighted by molar-refractivity contribution is 0.101. The van der Waals surface area contributed by atoms with Gasteiger partial charge >= 0.3 is 6.03 Å². The standard InChI is InChI=1S/C14H16N2O2/c1-5-14(3,4)16-13(18)15-12-8-6-7-11(9-12)10(2)17/h1,6-9H,2-4H3,(H2,15,16,18). The van der Waals surface area contributed by atoms with E-state index >= 15 is 0 Å². The van der Waals surface area contributed by atoms with Crippen molar-refractivity contribution in [1.29, 1.82) is 0 Å². The number of anilines is 1. The molecule has 1 aromatic rings. The van der Waals surface area contributed by atoms with Crippen LogP contribution in [0.15, 0.2) is 24.3 Å². The van der Waals surface area contributed by atoms with Crippen LogP contribution in [0.25, 0.3) is 0 Å². The Labute approximate surface area is 107 Å². The van der Waals surface area contributed by atoms with E-state index < -0.39 is 11.6 Å². The van der Waals surface area contributed by atoms with E-state index in [1.54, 1.807) is 38.1 Å². The van der Waals surface area contributed by atoms with Gasteiger partial charge in [0.05, 0.1) is 5.54 Å². The van der Waals surface area contributed by atoms with Crippen molar-refractivity contribution in [1.82, 2.24) is 5.32 Å². The highest BCUT2D eigenvalue weighted by Crippen LogP contribution is 2.11. The fourth-order valence-corrected chi connectivity index (χ4v) is 1.30. The third-order valence-corrected chi connectivity index (χ3v) is 2.31. The summed E-state index contributed by atoms with van der Waals surface area (Å²) in [6.07, 6.45) is 5.27. The molecule has 18 heavy (non-hydrogen) atoms. The lowest BCUT2D eigenvalue weighted by atomic mass is 10.1. The highest BCUT2D eigenvalue weighted by Gasteiger charge is 2.16. The molecule has 0 unspecified atom stereocenters. The molecule has 0 aliphatic rings. The molecule has 0 atom stereocenters. The second-order valence-corrected chi connectivity index (χ2v) is 4.49. The van der Waals surface area contributed by atoms with E-state index in [1.165, 1.54) is 6.92 Å². The molecule has 0 aliphatic carbocycles. The maximum atomic E-state index is 11.7. The highest BCUT2D eigenvalue weighted by molar-refractivity contribution is 5.96. The molecule has 0 radical (unpaired) electrons. The van der Waals surface area contributed by atoms with E-state index in [-0.39, 0.29) is 5.78 Å². The van der Waals surface area contributed by atoms with E-state index in [4.69, 9.17) is 6.42 Å². The number of hydrogen-bond donors (Lipinski definition) is 2. The zero-order valence-corrected chi connectivity index (χ0v) is 10.7. The van der Waals surface area contributed by atoms with Gasteiger partial charge in [-0.05, 0) is 32.9 Å². The Morgan fingerprint density at radius 2 is 2.00 bits per heavy atom. The van der Waals surface area contributed by atoms with Gasteiger partial charge in [-0.25, -0.2) is 4.79 Å². The van der Waals surface area contributed by atoms with Crippen LogP contribution in [0.2, 0.25) is 0 Å². The van der Waals surface area contributed by atoms with Gasteiger partial charge in [-0.3, -0.25) is 4.79 Å². The minimum atomic E-state index is -0.720. The van der Waals surface area contributed by atoms with Crippen molar-refractivity contribution < 1.29 is 9.59 Å². The third-order valence-electron chi connectivity index (χ3n) is 2.31. The van der Waals surface area contributed by atoms with E-state index in [1.807, 2.05) is 0 Å². The first-order valence-electron chi connectivity index (χ1n) is 5.52. The van der Waals surface area contributed by atoms with E-state index in [9.17, 15) is 9.59 Å². The number of benzene rings is 1. The Morgan fingerprint density at radius 1 is 1.33 bits per heavy atom. The van der Waals surface area contributed by atoms with Crippen LogP contribution in [-0.4, -0.2) is 17.4 Å². The average molecular weight is 244 g/mol. The SMILES string of the molecule is C#CC(C)(C)NC(=O)Nc1cccc(C(C)=O)c1. The molecule has 1 rings (SSSR count). The minimum absolute atomic E-state index is 0.0528. The molecule has 0 fully saturated rings. The van der Waals surface area contributed by atoms with Gasteiger partial charge in [-0.2, -0.15) is 0 Å². The zero-order valence-electron chi connectivity index (χ0n) is 10.7. The Balaban J connectivity index is 2.74. The van der Waals surface area contributed by atoms with Gasteiger partial charge in [-0.15, -0.1) is 6.42 Å². The number of carbonyl (C=O) groups excluding carboxylic acids is 2. The number of carbonyl (C=O) groups is 2. The second kappa shape index (κ2) is 5.37. The first-order valence-corrected chi connectivity index (χ1v) is 5.52. The first-order chi connectivity index (χ1) is 8.34. The van der Waals surface area contributed by atoms with Gasteiger partial charge in [-0.1, -0.05) is 18.1 Å². The van der Waals surface area contributed by atoms with Crippen LogP contribution in [0.1, 0.15) is 31.1 Å². The molecule has 1 aromatic carbocycles. The maximum absolute atomic E-state index is 11.7. The number of ketones is 1. The van der Waals surface area contributed by atoms with Crippen molar-refractivity contribution in [2.75, 3.05) is 5.32 Å². The highest BCUT2D eigenvalue weighted by atomic mass is 16.2. The molecule has 0 saturated heterocycles. The van der Waals surface area contributed by atoms with Crippen LogP contribution >= 0.6 is 0 Å². The molecule has 2 amide bonds. The van der Waals surface area contributed by atoms with Gasteiger partial charge in [0.15, 0.2) is 5.78 Å². The van der Waals surface area contributed by atoms with Crippen molar-refractivity contribution in [3.63, 3.8) is 0 Å². The van der Waals surface area contributed by atoms with Gasteiger partial charge in [0, 0.05) is 11.3 Å². The summed E-state index contributed by atoms with van der Waals surface area (Å²) in [6.45, 7) is 4.91. The molecule has 2 N–H and O–H groups in total. The topological polar surface area (TPSA) is 58.2 Å². The number of urea groups is 1. The van der Waals surface area contributed by atoms with Gasteiger partial charge in [0.2, 0.25) is 0 Å². The lowest BCUT2D eigenvalue weighted by Crippen LogP contribution is -2.44. The molecule has 0 aromatic heterocycles. The smallest absolute Gasteiger partial charge is 0.320 e. The van der Waals surface area contributed by atoms with Gasteiger partial charge in [0.25, 0.3) is 0 Å². The van der Waals surface area contributed by atoms with Crippen molar-refractivity contribution in [3.8, 4) is 12.3 Å². The predicted molar refractivity (Wildman–Crippen MR) is 71.5 cm³/mol. The summed E-state index contributed by atoms with van der Waals surface area (Å²) in [5, 5.41) is 5.26. The van der Waals surface area contributed by atoms with Crippen molar-refractivity contribution in [2.45, 2.75) is 26.3 Å². The number of rotatable bonds is 3. The Hall–Kier alpha value is -2.28. The molecule has 4 nitrogen and oxygen atoms in total. The molecule has 4 heteroatoms. The average Bonchev–Trinajstić information content (AvgIpc) is 2.28. The van der Waals surface area contributed by atoms with Crippen molar-refractivity contribution in [2.24, 2.45) is 0 Å². The van der Waals surface area contributed by atoms with Crippen LogP contribution in [0.3, 0.4) is 0 Å². The second-order valence-electron chi connectivity index (χ2n) is 4.49. The lowest BCUT2D eigenvalue weighted by Gasteiger charge is -2.19. The number of hydrogen-bond acceptors (Lipinski definition) is 2. The molecular formula is C14H16N2O2. The Bertz CT molecular complexity index is 513. The summed E-state index contributed by atoms with van der Waals surface area (Å²) in [5.41, 5.74) is 0.375. The summed E-state index contributed by atoms with van der Waals surface area (Å²) in [7, 11) is 0. The molecule has 94 valence electrons. The van der Waals surface area contributed by atoms with Crippen molar-refractivity contribution in [3.05, 3.63) is 29.8 Å². The van der Waals surface area contributed by atoms with E-state index in [0.717, 1.165) is 0 Å². The Kier molecular flexibility index (Phi) is 4.11. The number of nitrogens with one attached hydrogen (secondary N) is 2. The van der Waals surface area contributed by atoms with Gasteiger partial charge < -0.3 is 10.6 Å². The predicted octanol–water partition coefficient (Wildman–Crippen LogP) is 2.42. The summed E-state index contributed by atoms with van der Waals surface area (Å²) >= 11 is 0. The third kappa shape index (κ3) is 3.95. The Morgan fingerprint density at radius 3 is 2.56 bits per heavy atom. The minimum Gasteiger partial charge on any atom is -0.322 e. The van der Waals surface area contributed by atoms with E-state index in [2.05, 4.69) is 16.6 Å². The number of Topliss-reactive ketones (excluding diaryl/α,β-unsaturated/α-hetero) is 1. The molecule has 0 aliphatic heterocycles. The normalized spacial score (nSPS) is 10.3. The molecule has 0 heterocycles. The monoisotopic (exact) mass is 244 g/mol. The van der Waals surface area contributed by atoms with Crippen LogP contribution in [0.4, 0.5) is 10.5 Å². The summed E-state index contributed by atoms with van der Waals surface area (Å²) in [4.78, 5) is 22.9. The van der Waals surface area contributed by atoms with Crippen LogP contribution in [0.5, 0.6) is 0 Å². The zero-order chi connectivity index (χ0) is 13.8. The van der Waals surface area contributed by atoms with E-state index in [0.29, 0.717) is 11.3 Å². The molecule has 0 spiro atoms. The largest absolute Gasteiger partial charge is 0.322 e. The van der Waals surface area contributed by atoms with Crippen LogP contribution in [-0.2, 0) is 0 Å². The van der Waals surface area contributed by atoms with Crippen LogP contribution in [0, 0.1) is 12.3 Å². The number of amides is 2. The fraction of sp³-hybridized carbons (Fsp3) is 0.286. The first kappa shape index (κ1) is 13.8.